The van der Waals surface area contributed by atoms with Crippen LogP contribution in [-0.4, -0.2) is 35.1 Å². The standard InChI is InChI=1S/C8H6O7S.C2H4.Na.H/c9-7(10)4-1-5(8(11)12)3-6(2-4)16(13,14)15;1-2;;/h1-3H,(H,9,10)(H,11,12)(H,13,14,15);1-2H2;;/q;;+1;-1. The van der Waals surface area contributed by atoms with Gasteiger partial charge in [0.15, 0.2) is 0 Å². The average molecular weight is 298 g/mol. The zero-order valence-electron chi connectivity index (χ0n) is 11.0. The van der Waals surface area contributed by atoms with Crippen LogP contribution >= 0.6 is 0 Å². The van der Waals surface area contributed by atoms with Crippen molar-refractivity contribution in [3.63, 3.8) is 0 Å². The van der Waals surface area contributed by atoms with E-state index in [1.165, 1.54) is 0 Å². The third-order valence-electron chi connectivity index (χ3n) is 1.70. The molecule has 1 rings (SSSR count). The molecule has 19 heavy (non-hydrogen) atoms. The van der Waals surface area contributed by atoms with Crippen molar-refractivity contribution in [1.82, 2.24) is 0 Å². The van der Waals surface area contributed by atoms with Crippen LogP contribution in [0.15, 0.2) is 36.3 Å². The summed E-state index contributed by atoms with van der Waals surface area (Å²) in [6.07, 6.45) is 0. The largest absolute Gasteiger partial charge is 1.00 e. The maximum atomic E-state index is 10.8. The molecule has 3 N–H and O–H groups in total. The number of hydrogen-bond donors (Lipinski definition) is 3. The minimum Gasteiger partial charge on any atom is -1.00 e. The molecule has 0 spiro atoms. The molecule has 7 nitrogen and oxygen atoms in total. The zero-order chi connectivity index (χ0) is 14.5. The van der Waals surface area contributed by atoms with Crippen molar-refractivity contribution in [3.05, 3.63) is 42.5 Å². The van der Waals surface area contributed by atoms with E-state index in [0.717, 1.165) is 6.07 Å². The first-order chi connectivity index (χ1) is 8.21. The molecule has 0 aliphatic rings. The molecule has 0 amide bonds. The van der Waals surface area contributed by atoms with Gasteiger partial charge in [0.25, 0.3) is 10.1 Å². The Kier molecular flexibility index (Phi) is 8.56. The maximum absolute atomic E-state index is 10.8. The molecule has 1 aromatic rings. The van der Waals surface area contributed by atoms with Gasteiger partial charge in [0, 0.05) is 0 Å². The number of hydrogen-bond acceptors (Lipinski definition) is 4. The molecule has 9 heteroatoms. The van der Waals surface area contributed by atoms with Gasteiger partial charge in [-0.15, -0.1) is 13.2 Å². The normalized spacial score (nSPS) is 9.53. The van der Waals surface area contributed by atoms with Crippen LogP contribution in [0, 0.1) is 0 Å². The molecule has 0 aliphatic carbocycles. The van der Waals surface area contributed by atoms with Gasteiger partial charge < -0.3 is 11.6 Å². The van der Waals surface area contributed by atoms with Gasteiger partial charge in [-0.3, -0.25) is 4.55 Å². The van der Waals surface area contributed by atoms with Crippen molar-refractivity contribution < 1.29 is 63.8 Å². The molecule has 1 aromatic carbocycles. The number of carbonyl (C=O) groups is 2. The van der Waals surface area contributed by atoms with E-state index in [4.69, 9.17) is 14.8 Å². The summed E-state index contributed by atoms with van der Waals surface area (Å²) in [5.41, 5.74) is -1.07. The van der Waals surface area contributed by atoms with E-state index in [2.05, 4.69) is 13.2 Å². The Morgan fingerprint density at radius 1 is 1.00 bits per heavy atom. The Hall–Kier alpha value is -1.19. The van der Waals surface area contributed by atoms with E-state index in [9.17, 15) is 18.0 Å². The van der Waals surface area contributed by atoms with E-state index in [1.54, 1.807) is 0 Å². The van der Waals surface area contributed by atoms with Crippen LogP contribution < -0.4 is 29.6 Å². The number of rotatable bonds is 3. The second-order valence-corrected chi connectivity index (χ2v) is 4.25. The molecule has 0 unspecified atom stereocenters. The molecule has 100 valence electrons. The average Bonchev–Trinajstić information content (AvgIpc) is 2.29. The minimum absolute atomic E-state index is 0. The van der Waals surface area contributed by atoms with Crippen LogP contribution in [0.25, 0.3) is 0 Å². The molecule has 0 aliphatic heterocycles. The topological polar surface area (TPSA) is 129 Å². The van der Waals surface area contributed by atoms with Crippen LogP contribution in [-0.2, 0) is 10.1 Å². The van der Waals surface area contributed by atoms with Gasteiger partial charge in [-0.25, -0.2) is 9.59 Å². The fourth-order valence-electron chi connectivity index (χ4n) is 0.995. The second kappa shape index (κ2) is 8.08. The Balaban J connectivity index is -0.000000689. The van der Waals surface area contributed by atoms with Crippen molar-refractivity contribution in [2.45, 2.75) is 4.90 Å². The smallest absolute Gasteiger partial charge is 1.00 e. The van der Waals surface area contributed by atoms with Gasteiger partial charge in [0.1, 0.15) is 0 Å². The third-order valence-corrected chi connectivity index (χ3v) is 2.53. The summed E-state index contributed by atoms with van der Waals surface area (Å²) in [4.78, 5) is 20.4. The maximum Gasteiger partial charge on any atom is 1.00 e. The minimum atomic E-state index is -4.64. The first-order valence-electron chi connectivity index (χ1n) is 4.31. The fraction of sp³-hybridized carbons (Fsp3) is 0. The number of benzene rings is 1. The molecule has 0 aromatic heterocycles. The Morgan fingerprint density at radius 2 is 1.32 bits per heavy atom. The van der Waals surface area contributed by atoms with E-state index in [0.29, 0.717) is 12.1 Å². The summed E-state index contributed by atoms with van der Waals surface area (Å²) in [5.74, 6) is -2.99. The van der Waals surface area contributed by atoms with Gasteiger partial charge in [0.05, 0.1) is 16.0 Å². The summed E-state index contributed by atoms with van der Waals surface area (Å²) in [7, 11) is -4.64. The van der Waals surface area contributed by atoms with Crippen LogP contribution in [0.5, 0.6) is 0 Å². The molecular formula is C10H11NaO7S. The third kappa shape index (κ3) is 5.99. The summed E-state index contributed by atoms with van der Waals surface area (Å²) in [5, 5.41) is 17.2. The summed E-state index contributed by atoms with van der Waals surface area (Å²) < 4.78 is 30.2. The van der Waals surface area contributed by atoms with Crippen molar-refractivity contribution in [2.24, 2.45) is 0 Å². The molecule has 0 atom stereocenters. The Labute approximate surface area is 133 Å². The molecule has 0 saturated heterocycles. The SMILES string of the molecule is C=C.O=C(O)c1cc(C(=O)O)cc(S(=O)(=O)O)c1.[H-].[Na+]. The van der Waals surface area contributed by atoms with Crippen molar-refractivity contribution in [1.29, 1.82) is 0 Å². The number of carboxylic acids is 2. The first-order valence-corrected chi connectivity index (χ1v) is 5.75. The van der Waals surface area contributed by atoms with E-state index >= 15 is 0 Å². The van der Waals surface area contributed by atoms with Gasteiger partial charge in [-0.2, -0.15) is 8.42 Å². The van der Waals surface area contributed by atoms with Crippen molar-refractivity contribution >= 4 is 22.1 Å². The summed E-state index contributed by atoms with van der Waals surface area (Å²) in [6, 6.07) is 2.13. The molecule has 0 saturated carbocycles. The monoisotopic (exact) mass is 298 g/mol. The van der Waals surface area contributed by atoms with E-state index in [-0.39, 0.29) is 31.0 Å². The molecule has 0 fully saturated rings. The van der Waals surface area contributed by atoms with E-state index < -0.39 is 38.1 Å². The molecule has 0 radical (unpaired) electrons. The molecule has 0 heterocycles. The van der Waals surface area contributed by atoms with Gasteiger partial charge in [-0.1, -0.05) is 0 Å². The van der Waals surface area contributed by atoms with Crippen molar-refractivity contribution in [3.8, 4) is 0 Å². The first kappa shape index (κ1) is 20.1. The fourth-order valence-corrected chi connectivity index (χ4v) is 1.55. The van der Waals surface area contributed by atoms with Gasteiger partial charge in [-0.05, 0) is 18.2 Å². The van der Waals surface area contributed by atoms with E-state index in [1.807, 2.05) is 0 Å². The van der Waals surface area contributed by atoms with Crippen LogP contribution in [0.2, 0.25) is 0 Å². The van der Waals surface area contributed by atoms with Gasteiger partial charge >= 0.3 is 41.5 Å². The van der Waals surface area contributed by atoms with Crippen LogP contribution in [0.1, 0.15) is 22.1 Å². The Bertz CT molecular complexity index is 553. The predicted molar refractivity (Wildman–Crippen MR) is 62.5 cm³/mol. The quantitative estimate of drug-likeness (QED) is 0.343. The van der Waals surface area contributed by atoms with Gasteiger partial charge in [0.2, 0.25) is 0 Å². The second-order valence-electron chi connectivity index (χ2n) is 2.83. The summed E-state index contributed by atoms with van der Waals surface area (Å²) >= 11 is 0. The predicted octanol–water partition coefficient (Wildman–Crippen LogP) is -1.75. The molecular weight excluding hydrogens is 287 g/mol. The van der Waals surface area contributed by atoms with Crippen molar-refractivity contribution in [2.75, 3.05) is 0 Å². The number of carboxylic acid groups (broad SMARTS) is 2. The van der Waals surface area contributed by atoms with Crippen LogP contribution in [0.3, 0.4) is 0 Å². The summed E-state index contributed by atoms with van der Waals surface area (Å²) in [6.45, 7) is 6.00. The number of aromatic carboxylic acids is 2. The molecule has 0 bridgehead atoms. The zero-order valence-corrected chi connectivity index (χ0v) is 12.8. The van der Waals surface area contributed by atoms with Crippen LogP contribution in [0.4, 0.5) is 0 Å². The Morgan fingerprint density at radius 3 is 1.53 bits per heavy atom.